The molecule has 1 aliphatic carbocycles. The zero-order valence-electron chi connectivity index (χ0n) is 15.8. The lowest BCUT2D eigenvalue weighted by molar-refractivity contribution is 0.385. The first kappa shape index (κ1) is 19.0. The van der Waals surface area contributed by atoms with E-state index >= 15 is 0 Å². The van der Waals surface area contributed by atoms with Crippen molar-refractivity contribution in [3.05, 3.63) is 66.1 Å². The maximum Gasteiger partial charge on any atom is 0.232 e. The van der Waals surface area contributed by atoms with Crippen LogP contribution in [0.5, 0.6) is 0 Å². The highest BCUT2D eigenvalue weighted by Gasteiger charge is 2.21. The molecule has 4 nitrogen and oxygen atoms in total. The molecule has 4 rings (SSSR count). The molecule has 0 saturated heterocycles. The van der Waals surface area contributed by atoms with Crippen LogP contribution in [0, 0.1) is 11.7 Å². The van der Waals surface area contributed by atoms with E-state index in [-0.39, 0.29) is 17.5 Å². The fourth-order valence-electron chi connectivity index (χ4n) is 4.07. The van der Waals surface area contributed by atoms with Crippen molar-refractivity contribution >= 4 is 26.6 Å². The third-order valence-electron chi connectivity index (χ3n) is 5.49. The van der Waals surface area contributed by atoms with E-state index in [1.807, 2.05) is 30.5 Å². The lowest BCUT2D eigenvalue weighted by Crippen LogP contribution is -2.24. The van der Waals surface area contributed by atoms with Crippen molar-refractivity contribution in [1.29, 1.82) is 0 Å². The number of aromatic nitrogens is 1. The van der Waals surface area contributed by atoms with E-state index in [2.05, 4.69) is 9.29 Å². The van der Waals surface area contributed by atoms with Gasteiger partial charge in [0.1, 0.15) is 5.82 Å². The fraction of sp³-hybridized carbons (Fsp3) is 0.364. The summed E-state index contributed by atoms with van der Waals surface area (Å²) in [5.74, 6) is 0.231. The molecule has 1 N–H and O–H groups in total. The molecule has 1 fully saturated rings. The smallest absolute Gasteiger partial charge is 0.232 e. The maximum atomic E-state index is 13.1. The summed E-state index contributed by atoms with van der Waals surface area (Å²) in [6.45, 7) is 0.635. The maximum absolute atomic E-state index is 13.1. The number of anilines is 1. The molecule has 1 heterocycles. The van der Waals surface area contributed by atoms with Gasteiger partial charge in [0.15, 0.2) is 0 Å². The first-order valence-electron chi connectivity index (χ1n) is 9.82. The van der Waals surface area contributed by atoms with E-state index in [1.165, 1.54) is 18.6 Å². The van der Waals surface area contributed by atoms with Crippen molar-refractivity contribution in [3.63, 3.8) is 0 Å². The Hall–Kier alpha value is -2.34. The second-order valence-electron chi connectivity index (χ2n) is 7.73. The molecule has 1 saturated carbocycles. The number of fused-ring (bicyclic) bond motifs is 1. The van der Waals surface area contributed by atoms with Crippen LogP contribution >= 0.6 is 0 Å². The van der Waals surface area contributed by atoms with Gasteiger partial charge >= 0.3 is 0 Å². The van der Waals surface area contributed by atoms with Gasteiger partial charge in [-0.3, -0.25) is 4.72 Å². The third-order valence-corrected chi connectivity index (χ3v) is 6.95. The molecule has 2 aromatic carbocycles. The van der Waals surface area contributed by atoms with Gasteiger partial charge in [-0.2, -0.15) is 0 Å². The lowest BCUT2D eigenvalue weighted by Gasteiger charge is -2.21. The van der Waals surface area contributed by atoms with Gasteiger partial charge in [0.2, 0.25) is 10.0 Å². The molecule has 0 radical (unpaired) electrons. The molecule has 3 aromatic rings. The average molecular weight is 401 g/mol. The normalized spacial score (nSPS) is 15.8. The van der Waals surface area contributed by atoms with Crippen LogP contribution in [0.3, 0.4) is 0 Å². The van der Waals surface area contributed by atoms with Crippen LogP contribution in [-0.4, -0.2) is 18.7 Å². The molecule has 1 aromatic heterocycles. The quantitative estimate of drug-likeness (QED) is 0.622. The molecule has 6 heteroatoms. The number of nitrogens with zero attached hydrogens (tertiary/aromatic N) is 1. The Balaban J connectivity index is 1.48. The van der Waals surface area contributed by atoms with Crippen LogP contribution in [-0.2, 0) is 16.6 Å². The highest BCUT2D eigenvalue weighted by atomic mass is 32.2. The molecule has 28 heavy (non-hydrogen) atoms. The Morgan fingerprint density at radius 3 is 2.50 bits per heavy atom. The molecule has 0 amide bonds. The van der Waals surface area contributed by atoms with Crippen LogP contribution in [0.2, 0.25) is 0 Å². The predicted octanol–water partition coefficient (Wildman–Crippen LogP) is 5.15. The van der Waals surface area contributed by atoms with Crippen LogP contribution < -0.4 is 4.72 Å². The monoisotopic (exact) mass is 400 g/mol. The van der Waals surface area contributed by atoms with Crippen LogP contribution in [0.25, 0.3) is 10.9 Å². The molecule has 0 atom stereocenters. The summed E-state index contributed by atoms with van der Waals surface area (Å²) < 4.78 is 43.0. The first-order valence-corrected chi connectivity index (χ1v) is 11.5. The van der Waals surface area contributed by atoms with Crippen molar-refractivity contribution in [1.82, 2.24) is 4.57 Å². The SMILES string of the molecule is O=S(=O)(CC1CCCCC1)Nc1ccc2c(ccn2Cc2ccc(F)cc2)c1. The van der Waals surface area contributed by atoms with Crippen LogP contribution in [0.1, 0.15) is 37.7 Å². The molecule has 1 aliphatic rings. The van der Waals surface area contributed by atoms with Crippen molar-refractivity contribution < 1.29 is 12.8 Å². The fourth-order valence-corrected chi connectivity index (χ4v) is 5.60. The second-order valence-corrected chi connectivity index (χ2v) is 9.50. The van der Waals surface area contributed by atoms with E-state index in [4.69, 9.17) is 0 Å². The van der Waals surface area contributed by atoms with Gasteiger partial charge in [-0.05, 0) is 60.7 Å². The van der Waals surface area contributed by atoms with Gasteiger partial charge in [-0.25, -0.2) is 12.8 Å². The number of hydrogen-bond acceptors (Lipinski definition) is 2. The van der Waals surface area contributed by atoms with Crippen molar-refractivity contribution in [3.8, 4) is 0 Å². The van der Waals surface area contributed by atoms with Gasteiger partial charge in [0.25, 0.3) is 0 Å². The Bertz CT molecular complexity index is 1050. The first-order chi connectivity index (χ1) is 13.5. The second kappa shape index (κ2) is 7.95. The van der Waals surface area contributed by atoms with Crippen LogP contribution in [0.15, 0.2) is 54.7 Å². The summed E-state index contributed by atoms with van der Waals surface area (Å²) in [5.41, 5.74) is 2.62. The average Bonchev–Trinajstić information content (AvgIpc) is 3.05. The molecule has 0 bridgehead atoms. The number of nitrogens with one attached hydrogen (secondary N) is 1. The van der Waals surface area contributed by atoms with E-state index < -0.39 is 10.0 Å². The highest BCUT2D eigenvalue weighted by Crippen LogP contribution is 2.26. The van der Waals surface area contributed by atoms with Crippen molar-refractivity contribution in [2.24, 2.45) is 5.92 Å². The Morgan fingerprint density at radius 1 is 1.00 bits per heavy atom. The summed E-state index contributed by atoms with van der Waals surface area (Å²) in [4.78, 5) is 0. The number of hydrogen-bond donors (Lipinski definition) is 1. The minimum absolute atomic E-state index is 0.205. The van der Waals surface area contributed by atoms with Crippen molar-refractivity contribution in [2.75, 3.05) is 10.5 Å². The number of benzene rings is 2. The highest BCUT2D eigenvalue weighted by molar-refractivity contribution is 7.92. The van der Waals surface area contributed by atoms with E-state index in [9.17, 15) is 12.8 Å². The summed E-state index contributed by atoms with van der Waals surface area (Å²) in [5, 5.41) is 0.972. The van der Waals surface area contributed by atoms with Gasteiger partial charge in [-0.15, -0.1) is 0 Å². The summed E-state index contributed by atoms with van der Waals surface area (Å²) in [6, 6.07) is 14.0. The van der Waals surface area contributed by atoms with E-state index in [0.717, 1.165) is 42.1 Å². The largest absolute Gasteiger partial charge is 0.343 e. The summed E-state index contributed by atoms with van der Waals surface area (Å²) in [7, 11) is -3.34. The molecule has 0 aliphatic heterocycles. The predicted molar refractivity (Wildman–Crippen MR) is 111 cm³/mol. The Kier molecular flexibility index (Phi) is 5.40. The third kappa shape index (κ3) is 4.55. The Labute approximate surface area is 165 Å². The summed E-state index contributed by atoms with van der Waals surface area (Å²) >= 11 is 0. The van der Waals surface area contributed by atoms with Gasteiger partial charge in [0, 0.05) is 29.3 Å². The van der Waals surface area contributed by atoms with Gasteiger partial charge in [0.05, 0.1) is 5.75 Å². The van der Waals surface area contributed by atoms with Crippen LogP contribution in [0.4, 0.5) is 10.1 Å². The topological polar surface area (TPSA) is 51.1 Å². The summed E-state index contributed by atoms with van der Waals surface area (Å²) in [6.07, 6.45) is 7.46. The zero-order valence-corrected chi connectivity index (χ0v) is 16.6. The number of sulfonamides is 1. The molecular formula is C22H25FN2O2S. The number of rotatable bonds is 6. The Morgan fingerprint density at radius 2 is 1.75 bits per heavy atom. The molecule has 148 valence electrons. The minimum atomic E-state index is -3.34. The van der Waals surface area contributed by atoms with Gasteiger partial charge < -0.3 is 4.57 Å². The lowest BCUT2D eigenvalue weighted by atomic mass is 9.91. The standard InChI is InChI=1S/C22H25FN2O2S/c23-20-8-6-17(7-9-20)15-25-13-12-19-14-21(10-11-22(19)25)24-28(26,27)16-18-4-2-1-3-5-18/h6-14,18,24H,1-5,15-16H2. The minimum Gasteiger partial charge on any atom is -0.343 e. The van der Waals surface area contributed by atoms with Crippen molar-refractivity contribution in [2.45, 2.75) is 38.6 Å². The van der Waals surface area contributed by atoms with Gasteiger partial charge in [-0.1, -0.05) is 31.4 Å². The zero-order chi connectivity index (χ0) is 19.6. The molecule has 0 spiro atoms. The van der Waals surface area contributed by atoms with E-state index in [0.29, 0.717) is 12.2 Å². The van der Waals surface area contributed by atoms with E-state index in [1.54, 1.807) is 12.1 Å². The number of halogens is 1. The molecule has 0 unspecified atom stereocenters. The molecular weight excluding hydrogens is 375 g/mol.